The zero-order chi connectivity index (χ0) is 84.0. The van der Waals surface area contributed by atoms with Gasteiger partial charge < -0.3 is 0 Å². The number of hydrogen-bond donors (Lipinski definition) is 0. The molecule has 28 rings (SSSR count). The van der Waals surface area contributed by atoms with Crippen molar-refractivity contribution >= 4 is 201 Å². The van der Waals surface area contributed by atoms with Crippen LogP contribution in [0.3, 0.4) is 0 Å². The fraction of sp³-hybridized carbons (Fsp3) is 0. The number of pyridine rings is 3. The molecular weight excluding hydrogens is 1620 g/mol. The predicted octanol–water partition coefficient (Wildman–Crippen LogP) is 31.2. The molecule has 0 spiro atoms. The zero-order valence-electron chi connectivity index (χ0n) is 68.2. The number of fused-ring (bicyclic) bond motifs is 17. The van der Waals surface area contributed by atoms with E-state index in [-0.39, 0.29) is 0 Å². The van der Waals surface area contributed by atoms with Gasteiger partial charge in [-0.25, -0.2) is 29.9 Å². The summed E-state index contributed by atoms with van der Waals surface area (Å²) in [5.74, 6) is 2.00. The van der Waals surface area contributed by atoms with Crippen molar-refractivity contribution in [3.8, 4) is 89.5 Å². The van der Waals surface area contributed by atoms with Gasteiger partial charge in [0.15, 0.2) is 0 Å². The molecule has 12 heterocycles. The molecule has 596 valence electrons. The molecule has 16 aromatic carbocycles. The standard InChI is InChI=1S/C41H24N4S.C37H22N4S.C35H20N4S/c1-3-17-33-30(13-1)31-16-5-9-26-10-7-18-34(36(26)31)45(33)41-43-38(40-39(44-41)32-14-2-4-19-35(32)46-40)28-22-20-25(21-23-28)29-15-6-11-27-12-8-24-42-37(27)29;1-3-15-30-26(11-1)27-13-7-9-24-10-8-16-31(33(24)27)41(30)37-39-34(36-35(40-37)28-12-2-4-17-32(28)42-36)25-20-18-23(19-21-25)29-14-5-6-22-38-29;1-3-17-27-23(13-1)24-15-5-9-21-10-7-18-28(30(21)24)39(27)35-37-32-25-14-2-4-19-29(25)40-34(32)33(38-35)26-16-6-11-22-12-8-20-36-31(22)26/h1-24H;1-22H;1-20H. The van der Waals surface area contributed by atoms with Gasteiger partial charge in [0.2, 0.25) is 17.8 Å². The molecule has 0 bridgehead atoms. The molecule has 15 heteroatoms. The lowest BCUT2D eigenvalue weighted by Crippen LogP contribution is -2.17. The average molecular weight is 1690 g/mol. The third-order valence-corrected chi connectivity index (χ3v) is 28.5. The lowest BCUT2D eigenvalue weighted by molar-refractivity contribution is 1.12. The second-order valence-corrected chi connectivity index (χ2v) is 35.3. The van der Waals surface area contributed by atoms with E-state index in [1.807, 2.05) is 48.9 Å². The van der Waals surface area contributed by atoms with Crippen molar-refractivity contribution in [3.63, 3.8) is 0 Å². The maximum atomic E-state index is 5.41. The minimum absolute atomic E-state index is 0.661. The highest BCUT2D eigenvalue weighted by Gasteiger charge is 2.34. The Kier molecular flexibility index (Phi) is 16.9. The van der Waals surface area contributed by atoms with Gasteiger partial charge in [-0.1, -0.05) is 303 Å². The number of benzene rings is 16. The van der Waals surface area contributed by atoms with Crippen LogP contribution in [0.2, 0.25) is 0 Å². The van der Waals surface area contributed by atoms with E-state index < -0.39 is 0 Å². The molecule has 128 heavy (non-hydrogen) atoms. The lowest BCUT2D eigenvalue weighted by Gasteiger charge is -2.32. The molecule has 25 aromatic rings. The number of thiophene rings is 3. The van der Waals surface area contributed by atoms with Gasteiger partial charge in [-0.3, -0.25) is 29.7 Å². The van der Waals surface area contributed by atoms with Crippen molar-refractivity contribution in [1.82, 2.24) is 44.9 Å². The van der Waals surface area contributed by atoms with Crippen molar-refractivity contribution in [2.75, 3.05) is 14.7 Å². The van der Waals surface area contributed by atoms with Crippen LogP contribution in [-0.4, -0.2) is 44.9 Å². The monoisotopic (exact) mass is 1690 g/mol. The quantitative estimate of drug-likeness (QED) is 0.144. The second kappa shape index (κ2) is 29.7. The molecule has 0 amide bonds. The Morgan fingerprint density at radius 1 is 0.188 bits per heavy atom. The summed E-state index contributed by atoms with van der Waals surface area (Å²) < 4.78 is 6.87. The van der Waals surface area contributed by atoms with Gasteiger partial charge in [0, 0.05) is 120 Å². The summed E-state index contributed by atoms with van der Waals surface area (Å²) in [4.78, 5) is 52.9. The van der Waals surface area contributed by atoms with Gasteiger partial charge in [-0.05, 0) is 117 Å². The Bertz CT molecular complexity index is 8870. The van der Waals surface area contributed by atoms with Gasteiger partial charge in [-0.2, -0.15) is 0 Å². The van der Waals surface area contributed by atoms with Gasteiger partial charge in [-0.15, -0.1) is 34.0 Å². The third-order valence-electron chi connectivity index (χ3n) is 25.0. The molecule has 0 unspecified atom stereocenters. The van der Waals surface area contributed by atoms with E-state index in [1.165, 1.54) is 79.8 Å². The zero-order valence-corrected chi connectivity index (χ0v) is 70.6. The summed E-state index contributed by atoms with van der Waals surface area (Å²) in [5.41, 5.74) is 28.8. The Balaban J connectivity index is 0.000000102. The fourth-order valence-corrected chi connectivity index (χ4v) is 22.8. The van der Waals surface area contributed by atoms with Crippen molar-refractivity contribution < 1.29 is 0 Å². The minimum atomic E-state index is 0.661. The van der Waals surface area contributed by atoms with E-state index in [1.54, 1.807) is 34.0 Å². The first-order chi connectivity index (χ1) is 63.5. The highest BCUT2D eigenvalue weighted by molar-refractivity contribution is 7.27. The fourth-order valence-electron chi connectivity index (χ4n) is 19.3. The third kappa shape index (κ3) is 11.7. The van der Waals surface area contributed by atoms with Crippen LogP contribution < -0.4 is 14.7 Å². The summed E-state index contributed by atoms with van der Waals surface area (Å²) in [6, 6.07) is 135. The van der Waals surface area contributed by atoms with Crippen LogP contribution >= 0.6 is 34.0 Å². The lowest BCUT2D eigenvalue weighted by atomic mass is 9.91. The number of rotatable bonds is 8. The number of anilines is 9. The smallest absolute Gasteiger partial charge is 0.235 e. The van der Waals surface area contributed by atoms with E-state index in [9.17, 15) is 0 Å². The van der Waals surface area contributed by atoms with Crippen LogP contribution in [0.1, 0.15) is 0 Å². The van der Waals surface area contributed by atoms with Crippen LogP contribution in [0.5, 0.6) is 0 Å². The molecule has 0 saturated heterocycles. The molecule has 3 aliphatic heterocycles. The van der Waals surface area contributed by atoms with Crippen molar-refractivity contribution in [2.24, 2.45) is 0 Å². The summed E-state index contributed by atoms with van der Waals surface area (Å²) in [6.45, 7) is 0. The normalized spacial score (nSPS) is 12.3. The molecule has 0 N–H and O–H groups in total. The van der Waals surface area contributed by atoms with Crippen LogP contribution in [-0.2, 0) is 0 Å². The Morgan fingerprint density at radius 2 is 0.492 bits per heavy atom. The minimum Gasteiger partial charge on any atom is -0.278 e. The van der Waals surface area contributed by atoms with E-state index in [4.69, 9.17) is 39.9 Å². The number of para-hydroxylation sites is 5. The number of nitrogens with zero attached hydrogens (tertiary/aromatic N) is 12. The van der Waals surface area contributed by atoms with E-state index >= 15 is 0 Å². The van der Waals surface area contributed by atoms with Crippen molar-refractivity contribution in [1.29, 1.82) is 0 Å². The maximum Gasteiger partial charge on any atom is 0.235 e. The van der Waals surface area contributed by atoms with Gasteiger partial charge in [0.1, 0.15) is 0 Å². The topological polar surface area (TPSA) is 126 Å². The van der Waals surface area contributed by atoms with Crippen LogP contribution in [0.25, 0.3) is 205 Å². The van der Waals surface area contributed by atoms with Crippen LogP contribution in [0.4, 0.5) is 52.0 Å². The number of aromatic nitrogens is 9. The molecule has 0 atom stereocenters. The first-order valence-corrected chi connectivity index (χ1v) is 45.1. The highest BCUT2D eigenvalue weighted by Crippen LogP contribution is 2.56. The summed E-state index contributed by atoms with van der Waals surface area (Å²) >= 11 is 5.25. The molecule has 0 saturated carbocycles. The molecule has 0 aliphatic carbocycles. The van der Waals surface area contributed by atoms with E-state index in [2.05, 4.69) is 372 Å². The Morgan fingerprint density at radius 3 is 0.914 bits per heavy atom. The average Bonchev–Trinajstić information content (AvgIpc) is 1.09. The Hall–Kier alpha value is -16.4. The molecule has 12 nitrogen and oxygen atoms in total. The number of hydrogen-bond acceptors (Lipinski definition) is 15. The molecule has 9 aromatic heterocycles. The van der Waals surface area contributed by atoms with E-state index in [0.29, 0.717) is 17.8 Å². The van der Waals surface area contributed by atoms with Crippen LogP contribution in [0, 0.1) is 0 Å². The van der Waals surface area contributed by atoms with Gasteiger partial charge in [0.25, 0.3) is 0 Å². The first kappa shape index (κ1) is 73.1. The summed E-state index contributed by atoms with van der Waals surface area (Å²) in [6.07, 6.45) is 5.54. The second-order valence-electron chi connectivity index (χ2n) is 32.2. The SMILES string of the molecule is c1ccc(-c2ccc(-c3nc(N4c5ccccc5-c5cccc6cccc4c56)nc4c3sc3ccccc34)cc2)nc1.c1ccc2c(c1)-c1cccc3cccc(c13)N2c1nc(-c2ccc(-c3cccc4cccnc34)cc2)c2sc3ccccc3c2n1.c1ccc2c(c1)-c1cccc3cccc(c13)N2c1nc(-c2cccc3cccnc23)c2sc3ccccc3c2n1. The first-order valence-electron chi connectivity index (χ1n) is 42.6. The van der Waals surface area contributed by atoms with Gasteiger partial charge >= 0.3 is 0 Å². The summed E-state index contributed by atoms with van der Waals surface area (Å²) in [5, 5.41) is 12.9. The van der Waals surface area contributed by atoms with Crippen molar-refractivity contribution in [3.05, 3.63) is 401 Å². The van der Waals surface area contributed by atoms with E-state index in [0.717, 1.165) is 159 Å². The highest BCUT2D eigenvalue weighted by atomic mass is 32.1. The van der Waals surface area contributed by atoms with Gasteiger partial charge in [0.05, 0.1) is 98.6 Å². The molecule has 3 aliphatic rings. The molecule has 0 radical (unpaired) electrons. The summed E-state index contributed by atoms with van der Waals surface area (Å²) in [7, 11) is 0. The largest absolute Gasteiger partial charge is 0.278 e. The molecule has 0 fully saturated rings. The molecular formula is C113H66N12S3. The maximum absolute atomic E-state index is 5.41. The van der Waals surface area contributed by atoms with Crippen LogP contribution in [0.15, 0.2) is 401 Å². The van der Waals surface area contributed by atoms with Crippen molar-refractivity contribution in [2.45, 2.75) is 0 Å². The predicted molar refractivity (Wildman–Crippen MR) is 534 cm³/mol. The Labute approximate surface area is 745 Å².